The van der Waals surface area contributed by atoms with E-state index in [2.05, 4.69) is 4.72 Å². The monoisotopic (exact) mass is 349 g/mol. The van der Waals surface area contributed by atoms with Crippen molar-refractivity contribution in [1.29, 1.82) is 0 Å². The quantitative estimate of drug-likeness (QED) is 0.867. The third-order valence-electron chi connectivity index (χ3n) is 2.61. The van der Waals surface area contributed by atoms with Crippen LogP contribution in [0.15, 0.2) is 41.3 Å². The number of aryl methyl sites for hydroxylation is 1. The normalized spacial score (nSPS) is 11.4. The molecule has 20 heavy (non-hydrogen) atoms. The zero-order chi connectivity index (χ0) is 14.9. The summed E-state index contributed by atoms with van der Waals surface area (Å²) < 4.78 is 26.9. The topological polar surface area (TPSA) is 46.2 Å². The third kappa shape index (κ3) is 3.38. The predicted octanol–water partition coefficient (Wildman–Crippen LogP) is 4.76. The minimum absolute atomic E-state index is 0.130. The fraction of sp³-hybridized carbons (Fsp3) is 0.0769. The van der Waals surface area contributed by atoms with Crippen molar-refractivity contribution in [1.82, 2.24) is 0 Å². The Morgan fingerprint density at radius 1 is 0.900 bits per heavy atom. The molecule has 0 aliphatic carbocycles. The highest BCUT2D eigenvalue weighted by Crippen LogP contribution is 2.27. The standard InChI is InChI=1S/C13H10Cl3NO2S/c1-8-6-10(3-5-11(8)14)20(18,19)17-9-2-4-12(15)13(16)7-9/h2-7,17H,1H3. The summed E-state index contributed by atoms with van der Waals surface area (Å²) in [6.45, 7) is 1.74. The molecule has 0 bridgehead atoms. The Balaban J connectivity index is 2.35. The van der Waals surface area contributed by atoms with Crippen LogP contribution in [0.25, 0.3) is 0 Å². The summed E-state index contributed by atoms with van der Waals surface area (Å²) in [5, 5.41) is 1.15. The van der Waals surface area contributed by atoms with Gasteiger partial charge in [-0.25, -0.2) is 8.42 Å². The zero-order valence-electron chi connectivity index (χ0n) is 10.3. The van der Waals surface area contributed by atoms with Crippen LogP contribution >= 0.6 is 34.8 Å². The molecule has 0 atom stereocenters. The van der Waals surface area contributed by atoms with Crippen LogP contribution in [0.1, 0.15) is 5.56 Å². The molecular formula is C13H10Cl3NO2S. The van der Waals surface area contributed by atoms with E-state index in [0.717, 1.165) is 0 Å². The van der Waals surface area contributed by atoms with Gasteiger partial charge in [-0.15, -0.1) is 0 Å². The van der Waals surface area contributed by atoms with Crippen molar-refractivity contribution in [3.8, 4) is 0 Å². The van der Waals surface area contributed by atoms with Crippen molar-refractivity contribution < 1.29 is 8.42 Å². The average molecular weight is 351 g/mol. The molecule has 1 N–H and O–H groups in total. The van der Waals surface area contributed by atoms with E-state index in [1.54, 1.807) is 13.0 Å². The molecular weight excluding hydrogens is 341 g/mol. The Morgan fingerprint density at radius 3 is 2.15 bits per heavy atom. The lowest BCUT2D eigenvalue weighted by molar-refractivity contribution is 0.601. The van der Waals surface area contributed by atoms with Gasteiger partial charge in [0, 0.05) is 5.02 Å². The number of halogens is 3. The van der Waals surface area contributed by atoms with Crippen LogP contribution in [-0.2, 0) is 10.0 Å². The molecule has 0 aliphatic heterocycles. The molecule has 3 nitrogen and oxygen atoms in total. The summed E-state index contributed by atoms with van der Waals surface area (Å²) in [4.78, 5) is 0.130. The number of hydrogen-bond acceptors (Lipinski definition) is 2. The van der Waals surface area contributed by atoms with Crippen LogP contribution in [0.3, 0.4) is 0 Å². The summed E-state index contributed by atoms with van der Waals surface area (Å²) in [5.74, 6) is 0. The Labute approximate surface area is 132 Å². The van der Waals surface area contributed by atoms with Crippen molar-refractivity contribution >= 4 is 50.5 Å². The van der Waals surface area contributed by atoms with Gasteiger partial charge >= 0.3 is 0 Å². The summed E-state index contributed by atoms with van der Waals surface area (Å²) in [7, 11) is -3.69. The predicted molar refractivity (Wildman–Crippen MR) is 83.5 cm³/mol. The van der Waals surface area contributed by atoms with Gasteiger partial charge in [0.05, 0.1) is 20.6 Å². The van der Waals surface area contributed by atoms with Gasteiger partial charge in [-0.2, -0.15) is 0 Å². The lowest BCUT2D eigenvalue weighted by atomic mass is 10.2. The van der Waals surface area contributed by atoms with E-state index in [-0.39, 0.29) is 9.92 Å². The van der Waals surface area contributed by atoms with Crippen molar-refractivity contribution in [2.24, 2.45) is 0 Å². The molecule has 0 saturated heterocycles. The van der Waals surface area contributed by atoms with E-state index < -0.39 is 10.0 Å². The van der Waals surface area contributed by atoms with E-state index in [9.17, 15) is 8.42 Å². The Bertz CT molecular complexity index is 760. The Morgan fingerprint density at radius 2 is 1.55 bits per heavy atom. The van der Waals surface area contributed by atoms with Gasteiger partial charge in [0.15, 0.2) is 0 Å². The van der Waals surface area contributed by atoms with Crippen LogP contribution in [0.4, 0.5) is 5.69 Å². The van der Waals surface area contributed by atoms with Gasteiger partial charge in [0.2, 0.25) is 0 Å². The summed E-state index contributed by atoms with van der Waals surface area (Å²) in [5.41, 5.74) is 1.02. The van der Waals surface area contributed by atoms with Crippen molar-refractivity contribution in [3.05, 3.63) is 57.0 Å². The zero-order valence-corrected chi connectivity index (χ0v) is 13.4. The molecule has 0 amide bonds. The maximum atomic E-state index is 12.2. The van der Waals surface area contributed by atoms with Crippen LogP contribution in [-0.4, -0.2) is 8.42 Å². The molecule has 0 unspecified atom stereocenters. The van der Waals surface area contributed by atoms with Crippen LogP contribution < -0.4 is 4.72 Å². The first-order chi connectivity index (χ1) is 9.29. The van der Waals surface area contributed by atoms with E-state index in [1.807, 2.05) is 0 Å². The lowest BCUT2D eigenvalue weighted by Gasteiger charge is -2.10. The lowest BCUT2D eigenvalue weighted by Crippen LogP contribution is -2.13. The van der Waals surface area contributed by atoms with Crippen LogP contribution in [0.5, 0.6) is 0 Å². The molecule has 0 aliphatic rings. The number of nitrogens with one attached hydrogen (secondary N) is 1. The van der Waals surface area contributed by atoms with Gasteiger partial charge < -0.3 is 0 Å². The SMILES string of the molecule is Cc1cc(S(=O)(=O)Nc2ccc(Cl)c(Cl)c2)ccc1Cl. The molecule has 0 saturated carbocycles. The summed E-state index contributed by atoms with van der Waals surface area (Å²) in [6.07, 6.45) is 0. The van der Waals surface area contributed by atoms with Gasteiger partial charge in [-0.3, -0.25) is 4.72 Å². The first-order valence-corrected chi connectivity index (χ1v) is 8.15. The second-order valence-corrected chi connectivity index (χ2v) is 7.05. The average Bonchev–Trinajstić information content (AvgIpc) is 2.37. The maximum absolute atomic E-state index is 12.2. The fourth-order valence-corrected chi connectivity index (χ4v) is 3.11. The van der Waals surface area contributed by atoms with Gasteiger partial charge in [-0.05, 0) is 48.9 Å². The molecule has 2 aromatic rings. The van der Waals surface area contributed by atoms with Crippen molar-refractivity contribution in [3.63, 3.8) is 0 Å². The molecule has 0 fully saturated rings. The van der Waals surface area contributed by atoms with E-state index in [1.165, 1.54) is 30.3 Å². The van der Waals surface area contributed by atoms with Gasteiger partial charge in [-0.1, -0.05) is 34.8 Å². The van der Waals surface area contributed by atoms with E-state index in [4.69, 9.17) is 34.8 Å². The third-order valence-corrected chi connectivity index (χ3v) is 5.15. The van der Waals surface area contributed by atoms with E-state index in [0.29, 0.717) is 21.3 Å². The molecule has 2 aromatic carbocycles. The number of benzene rings is 2. The molecule has 0 spiro atoms. The van der Waals surface area contributed by atoms with Gasteiger partial charge in [0.25, 0.3) is 10.0 Å². The van der Waals surface area contributed by atoms with Crippen molar-refractivity contribution in [2.75, 3.05) is 4.72 Å². The second-order valence-electron chi connectivity index (χ2n) is 4.15. The number of sulfonamides is 1. The fourth-order valence-electron chi connectivity index (χ4n) is 1.56. The smallest absolute Gasteiger partial charge is 0.261 e. The first-order valence-electron chi connectivity index (χ1n) is 5.53. The highest BCUT2D eigenvalue weighted by atomic mass is 35.5. The van der Waals surface area contributed by atoms with Crippen LogP contribution in [0.2, 0.25) is 15.1 Å². The molecule has 0 radical (unpaired) electrons. The van der Waals surface area contributed by atoms with Crippen molar-refractivity contribution in [2.45, 2.75) is 11.8 Å². The summed E-state index contributed by atoms with van der Waals surface area (Å²) in [6, 6.07) is 8.99. The molecule has 7 heteroatoms. The maximum Gasteiger partial charge on any atom is 0.261 e. The minimum Gasteiger partial charge on any atom is -0.280 e. The van der Waals surface area contributed by atoms with E-state index >= 15 is 0 Å². The highest BCUT2D eigenvalue weighted by Gasteiger charge is 2.15. The highest BCUT2D eigenvalue weighted by molar-refractivity contribution is 7.92. The van der Waals surface area contributed by atoms with Crippen LogP contribution in [0, 0.1) is 6.92 Å². The number of rotatable bonds is 3. The molecule has 2 rings (SSSR count). The van der Waals surface area contributed by atoms with Gasteiger partial charge in [0.1, 0.15) is 0 Å². The largest absolute Gasteiger partial charge is 0.280 e. The molecule has 0 aromatic heterocycles. The second kappa shape index (κ2) is 5.82. The molecule has 0 heterocycles. The Kier molecular flexibility index (Phi) is 4.49. The Hall–Kier alpha value is -0.940. The summed E-state index contributed by atoms with van der Waals surface area (Å²) >= 11 is 17.5. The number of anilines is 1. The first kappa shape index (κ1) is 15.4. The minimum atomic E-state index is -3.69. The number of hydrogen-bond donors (Lipinski definition) is 1. The molecule has 106 valence electrons.